The van der Waals surface area contributed by atoms with Crippen molar-refractivity contribution in [3.63, 3.8) is 0 Å². The fourth-order valence-corrected chi connectivity index (χ4v) is 3.36. The summed E-state index contributed by atoms with van der Waals surface area (Å²) in [6.07, 6.45) is 0.903. The molecule has 3 rings (SSSR count). The maximum absolute atomic E-state index is 12.7. The van der Waals surface area contributed by atoms with E-state index in [0.717, 1.165) is 27.2 Å². The van der Waals surface area contributed by atoms with Gasteiger partial charge in [-0.3, -0.25) is 4.79 Å². The molecular weight excluding hydrogens is 328 g/mol. The second kappa shape index (κ2) is 7.70. The van der Waals surface area contributed by atoms with E-state index in [1.54, 1.807) is 11.8 Å². The molecule has 25 heavy (non-hydrogen) atoms. The summed E-state index contributed by atoms with van der Waals surface area (Å²) in [5.41, 5.74) is 2.75. The lowest BCUT2D eigenvalue weighted by Crippen LogP contribution is -2.32. The third-order valence-corrected chi connectivity index (χ3v) is 5.10. The number of aromatic nitrogens is 1. The van der Waals surface area contributed by atoms with E-state index in [4.69, 9.17) is 4.98 Å². The van der Waals surface area contributed by atoms with Gasteiger partial charge in [-0.2, -0.15) is 0 Å². The van der Waals surface area contributed by atoms with Crippen LogP contribution in [0.1, 0.15) is 36.2 Å². The highest BCUT2D eigenvalue weighted by Crippen LogP contribution is 2.30. The first-order valence-corrected chi connectivity index (χ1v) is 9.33. The smallest absolute Gasteiger partial charge is 0.252 e. The van der Waals surface area contributed by atoms with Gasteiger partial charge >= 0.3 is 0 Å². The van der Waals surface area contributed by atoms with E-state index in [0.29, 0.717) is 5.56 Å². The van der Waals surface area contributed by atoms with Gasteiger partial charge in [0.2, 0.25) is 0 Å². The van der Waals surface area contributed by atoms with Crippen molar-refractivity contribution < 1.29 is 4.79 Å². The molecular formula is C21H22N2OS. The summed E-state index contributed by atoms with van der Waals surface area (Å²) >= 11 is 1.58. The summed E-state index contributed by atoms with van der Waals surface area (Å²) in [4.78, 5) is 18.6. The predicted octanol–water partition coefficient (Wildman–Crippen LogP) is 5.22. The van der Waals surface area contributed by atoms with Crippen molar-refractivity contribution in [2.75, 3.05) is 0 Å². The van der Waals surface area contributed by atoms with Crippen molar-refractivity contribution in [3.05, 3.63) is 65.7 Å². The summed E-state index contributed by atoms with van der Waals surface area (Å²) in [7, 11) is 0. The van der Waals surface area contributed by atoms with E-state index >= 15 is 0 Å². The van der Waals surface area contributed by atoms with Gasteiger partial charge in [0.25, 0.3) is 5.91 Å². The Morgan fingerprint density at radius 1 is 1.16 bits per heavy atom. The molecule has 2 aromatic carbocycles. The van der Waals surface area contributed by atoms with Gasteiger partial charge < -0.3 is 5.32 Å². The van der Waals surface area contributed by atoms with Gasteiger partial charge in [0, 0.05) is 16.3 Å². The van der Waals surface area contributed by atoms with Crippen LogP contribution >= 0.6 is 11.8 Å². The van der Waals surface area contributed by atoms with Crippen molar-refractivity contribution in [1.82, 2.24) is 10.3 Å². The normalized spacial score (nSPS) is 12.1. The molecule has 1 atom stereocenters. The predicted molar refractivity (Wildman–Crippen MR) is 104 cm³/mol. The molecule has 0 unspecified atom stereocenters. The van der Waals surface area contributed by atoms with Crippen LogP contribution in [0, 0.1) is 6.92 Å². The molecule has 0 spiro atoms. The van der Waals surface area contributed by atoms with Crippen molar-refractivity contribution in [3.8, 4) is 0 Å². The highest BCUT2D eigenvalue weighted by molar-refractivity contribution is 7.99. The molecule has 0 saturated carbocycles. The second-order valence-electron chi connectivity index (χ2n) is 6.22. The molecule has 0 radical (unpaired) electrons. The van der Waals surface area contributed by atoms with Crippen LogP contribution in [0.25, 0.3) is 10.9 Å². The van der Waals surface area contributed by atoms with E-state index in [-0.39, 0.29) is 11.9 Å². The maximum Gasteiger partial charge on any atom is 0.252 e. The molecule has 0 aliphatic heterocycles. The quantitative estimate of drug-likeness (QED) is 0.686. The largest absolute Gasteiger partial charge is 0.350 e. The number of pyridine rings is 1. The summed E-state index contributed by atoms with van der Waals surface area (Å²) in [5, 5.41) is 4.78. The molecule has 3 aromatic rings. The van der Waals surface area contributed by atoms with Gasteiger partial charge in [-0.25, -0.2) is 4.98 Å². The van der Waals surface area contributed by atoms with E-state index in [2.05, 4.69) is 43.4 Å². The van der Waals surface area contributed by atoms with Crippen LogP contribution in [0.5, 0.6) is 0 Å². The molecule has 1 aromatic heterocycles. The van der Waals surface area contributed by atoms with Crippen LogP contribution in [0.15, 0.2) is 64.5 Å². The van der Waals surface area contributed by atoms with Crippen molar-refractivity contribution >= 4 is 28.6 Å². The van der Waals surface area contributed by atoms with Gasteiger partial charge in [-0.05, 0) is 44.5 Å². The Morgan fingerprint density at radius 3 is 2.60 bits per heavy atom. The molecule has 1 amide bonds. The van der Waals surface area contributed by atoms with Crippen LogP contribution in [-0.4, -0.2) is 16.9 Å². The number of benzene rings is 2. The van der Waals surface area contributed by atoms with Gasteiger partial charge in [0.15, 0.2) is 0 Å². The SMILES string of the molecule is CC[C@H](C)NC(=O)c1cc(Sc2ccc(C)cc2)nc2ccccc12. The number of nitrogens with zero attached hydrogens (tertiary/aromatic N) is 1. The topological polar surface area (TPSA) is 42.0 Å². The molecule has 0 aliphatic rings. The van der Waals surface area contributed by atoms with Gasteiger partial charge in [-0.15, -0.1) is 0 Å². The lowest BCUT2D eigenvalue weighted by Gasteiger charge is -2.14. The monoisotopic (exact) mass is 350 g/mol. The molecule has 1 N–H and O–H groups in total. The summed E-state index contributed by atoms with van der Waals surface area (Å²) < 4.78 is 0. The highest BCUT2D eigenvalue weighted by Gasteiger charge is 2.15. The first-order chi connectivity index (χ1) is 12.1. The molecule has 4 heteroatoms. The number of amides is 1. The molecule has 1 heterocycles. The third kappa shape index (κ3) is 4.20. The van der Waals surface area contributed by atoms with Crippen molar-refractivity contribution in [2.45, 2.75) is 43.2 Å². The zero-order valence-corrected chi connectivity index (χ0v) is 15.6. The van der Waals surface area contributed by atoms with E-state index in [9.17, 15) is 4.79 Å². The number of carbonyl (C=O) groups excluding carboxylic acids is 1. The van der Waals surface area contributed by atoms with Crippen LogP contribution in [0.4, 0.5) is 0 Å². The fraction of sp³-hybridized carbons (Fsp3) is 0.238. The average Bonchev–Trinajstić information content (AvgIpc) is 2.62. The summed E-state index contributed by atoms with van der Waals surface area (Å²) in [5.74, 6) is -0.0429. The number of para-hydroxylation sites is 1. The minimum Gasteiger partial charge on any atom is -0.350 e. The average molecular weight is 350 g/mol. The van der Waals surface area contributed by atoms with Gasteiger partial charge in [0.1, 0.15) is 5.03 Å². The Balaban J connectivity index is 1.99. The standard InChI is InChI=1S/C21H22N2OS/c1-4-15(3)22-21(24)18-13-20(23-19-8-6-5-7-17(18)19)25-16-11-9-14(2)10-12-16/h5-13,15H,4H2,1-3H3,(H,22,24)/t15-/m0/s1. The lowest BCUT2D eigenvalue weighted by atomic mass is 10.1. The zero-order valence-electron chi connectivity index (χ0n) is 14.7. The minimum absolute atomic E-state index is 0.0429. The van der Waals surface area contributed by atoms with Crippen LogP contribution < -0.4 is 5.32 Å². The summed E-state index contributed by atoms with van der Waals surface area (Å²) in [6.45, 7) is 6.15. The Morgan fingerprint density at radius 2 is 1.88 bits per heavy atom. The number of hydrogen-bond acceptors (Lipinski definition) is 3. The molecule has 128 valence electrons. The van der Waals surface area contributed by atoms with Crippen molar-refractivity contribution in [2.24, 2.45) is 0 Å². The molecule has 3 nitrogen and oxygen atoms in total. The zero-order chi connectivity index (χ0) is 17.8. The van der Waals surface area contributed by atoms with Crippen LogP contribution in [0.2, 0.25) is 0 Å². The van der Waals surface area contributed by atoms with Crippen molar-refractivity contribution in [1.29, 1.82) is 0 Å². The number of hydrogen-bond donors (Lipinski definition) is 1. The van der Waals surface area contributed by atoms with Crippen LogP contribution in [0.3, 0.4) is 0 Å². The van der Waals surface area contributed by atoms with E-state index in [1.807, 2.05) is 37.3 Å². The Bertz CT molecular complexity index is 890. The van der Waals surface area contributed by atoms with Crippen LogP contribution in [-0.2, 0) is 0 Å². The highest BCUT2D eigenvalue weighted by atomic mass is 32.2. The first kappa shape index (κ1) is 17.5. The van der Waals surface area contributed by atoms with Gasteiger partial charge in [0.05, 0.1) is 11.1 Å². The molecule has 0 fully saturated rings. The third-order valence-electron chi connectivity index (χ3n) is 4.17. The minimum atomic E-state index is -0.0429. The Hall–Kier alpha value is -2.33. The van der Waals surface area contributed by atoms with E-state index in [1.165, 1.54) is 5.56 Å². The van der Waals surface area contributed by atoms with E-state index < -0.39 is 0 Å². The van der Waals surface area contributed by atoms with Gasteiger partial charge in [-0.1, -0.05) is 54.6 Å². The Labute approximate surface area is 152 Å². The fourth-order valence-electron chi connectivity index (χ4n) is 2.52. The maximum atomic E-state index is 12.7. The number of carbonyl (C=O) groups is 1. The summed E-state index contributed by atoms with van der Waals surface area (Å²) in [6, 6.07) is 18.2. The molecule has 0 saturated heterocycles. The number of nitrogens with one attached hydrogen (secondary N) is 1. The molecule has 0 aliphatic carbocycles. The lowest BCUT2D eigenvalue weighted by molar-refractivity contribution is 0.0940. The number of aryl methyl sites for hydroxylation is 1. The first-order valence-electron chi connectivity index (χ1n) is 8.52. The second-order valence-corrected chi connectivity index (χ2v) is 7.32. The number of rotatable bonds is 5. The molecule has 0 bridgehead atoms. The number of fused-ring (bicyclic) bond motifs is 1. The Kier molecular flexibility index (Phi) is 5.39.